The van der Waals surface area contributed by atoms with Crippen molar-refractivity contribution in [2.24, 2.45) is 0 Å². The summed E-state index contributed by atoms with van der Waals surface area (Å²) in [4.78, 5) is 24.2. The van der Waals surface area contributed by atoms with Gasteiger partial charge in [-0.3, -0.25) is 9.52 Å². The Labute approximate surface area is 178 Å². The van der Waals surface area contributed by atoms with Gasteiger partial charge in [0, 0.05) is 23.4 Å². The quantitative estimate of drug-likeness (QED) is 0.585. The zero-order chi connectivity index (χ0) is 22.8. The number of carbonyl (C=O) groups excluding carboxylic acids is 1. The Kier molecular flexibility index (Phi) is 6.21. The smallest absolute Gasteiger partial charge is 0.340 e. The van der Waals surface area contributed by atoms with Crippen LogP contribution in [0.25, 0.3) is 16.8 Å². The van der Waals surface area contributed by atoms with Crippen LogP contribution in [0, 0.1) is 12.7 Å². The number of halogens is 1. The second-order valence-electron chi connectivity index (χ2n) is 6.64. The molecule has 3 rings (SSSR count). The van der Waals surface area contributed by atoms with Crippen LogP contribution in [0.2, 0.25) is 0 Å². The molecule has 0 aliphatic rings. The summed E-state index contributed by atoms with van der Waals surface area (Å²) in [5.41, 5.74) is 1.30. The summed E-state index contributed by atoms with van der Waals surface area (Å²) in [6, 6.07) is 11.6. The van der Waals surface area contributed by atoms with Crippen molar-refractivity contribution < 1.29 is 22.3 Å². The van der Waals surface area contributed by atoms with Crippen LogP contribution < -0.4 is 10.3 Å². The molecule has 0 fully saturated rings. The molecule has 1 N–H and O–H groups in total. The Hall–Kier alpha value is -3.53. The van der Waals surface area contributed by atoms with Gasteiger partial charge in [-0.2, -0.15) is 9.78 Å². The number of methoxy groups -OCH3 is 1. The first-order chi connectivity index (χ1) is 14.6. The molecule has 8 nitrogen and oxygen atoms in total. The van der Waals surface area contributed by atoms with Crippen molar-refractivity contribution in [3.8, 4) is 16.8 Å². The second-order valence-corrected chi connectivity index (χ2v) is 8.65. The van der Waals surface area contributed by atoms with Crippen LogP contribution in [0.15, 0.2) is 53.3 Å². The van der Waals surface area contributed by atoms with E-state index < -0.39 is 27.4 Å². The van der Waals surface area contributed by atoms with Crippen molar-refractivity contribution in [1.29, 1.82) is 0 Å². The lowest BCUT2D eigenvalue weighted by molar-refractivity contribution is 0.0595. The van der Waals surface area contributed by atoms with Gasteiger partial charge in [0.1, 0.15) is 5.82 Å². The predicted octanol–water partition coefficient (Wildman–Crippen LogP) is 2.90. The van der Waals surface area contributed by atoms with Crippen LogP contribution >= 0.6 is 0 Å². The van der Waals surface area contributed by atoms with E-state index >= 15 is 0 Å². The minimum absolute atomic E-state index is 0.0703. The molecule has 1 heterocycles. The lowest BCUT2D eigenvalue weighted by atomic mass is 10.0. The molecule has 10 heteroatoms. The van der Waals surface area contributed by atoms with E-state index in [1.165, 1.54) is 25.1 Å². The molecular formula is C21H20FN3O5S. The maximum Gasteiger partial charge on any atom is 0.340 e. The fourth-order valence-corrected chi connectivity index (χ4v) is 3.56. The summed E-state index contributed by atoms with van der Waals surface area (Å²) in [5, 5.41) is 4.26. The molecular weight excluding hydrogens is 425 g/mol. The topological polar surface area (TPSA) is 107 Å². The highest BCUT2D eigenvalue weighted by atomic mass is 32.2. The summed E-state index contributed by atoms with van der Waals surface area (Å²) in [6.07, 6.45) is 0. The molecule has 1 aromatic heterocycles. The van der Waals surface area contributed by atoms with E-state index in [1.54, 1.807) is 31.2 Å². The molecule has 0 spiro atoms. The summed E-state index contributed by atoms with van der Waals surface area (Å²) in [6.45, 7) is 3.20. The molecule has 0 amide bonds. The average molecular weight is 445 g/mol. The normalized spacial score (nSPS) is 11.2. The van der Waals surface area contributed by atoms with Crippen LogP contribution in [0.1, 0.15) is 23.0 Å². The van der Waals surface area contributed by atoms with E-state index in [2.05, 4.69) is 14.6 Å². The van der Waals surface area contributed by atoms with Gasteiger partial charge in [0.2, 0.25) is 10.0 Å². The number of hydrogen-bond donors (Lipinski definition) is 1. The molecule has 0 aliphatic carbocycles. The number of benzene rings is 2. The standard InChI is InChI=1S/C21H20FN3O5S/c1-4-31(28,29)24-15-7-5-6-14(10-15)18-12-20(26)25(23-13(18)2)16-8-9-17(19(22)11-16)21(27)30-3/h5-12,24H,4H2,1-3H3. The van der Waals surface area contributed by atoms with Crippen LogP contribution in [0.5, 0.6) is 0 Å². The minimum Gasteiger partial charge on any atom is -0.465 e. The van der Waals surface area contributed by atoms with E-state index in [4.69, 9.17) is 0 Å². The molecule has 0 aliphatic heterocycles. The zero-order valence-corrected chi connectivity index (χ0v) is 17.9. The third-order valence-corrected chi connectivity index (χ3v) is 5.85. The zero-order valence-electron chi connectivity index (χ0n) is 17.0. The first-order valence-electron chi connectivity index (χ1n) is 9.25. The molecule has 0 saturated heterocycles. The maximum atomic E-state index is 14.3. The SMILES string of the molecule is CCS(=O)(=O)Nc1cccc(-c2cc(=O)n(-c3ccc(C(=O)OC)c(F)c3)nc2C)c1. The number of ether oxygens (including phenoxy) is 1. The van der Waals surface area contributed by atoms with Gasteiger partial charge in [0.15, 0.2) is 0 Å². The number of carbonyl (C=O) groups is 1. The molecule has 0 bridgehead atoms. The van der Waals surface area contributed by atoms with Crippen molar-refractivity contribution in [2.45, 2.75) is 13.8 Å². The highest BCUT2D eigenvalue weighted by Gasteiger charge is 2.15. The number of sulfonamides is 1. The number of anilines is 1. The van der Waals surface area contributed by atoms with E-state index in [1.807, 2.05) is 0 Å². The number of aryl methyl sites for hydroxylation is 1. The Morgan fingerprint density at radius 2 is 1.94 bits per heavy atom. The van der Waals surface area contributed by atoms with Gasteiger partial charge >= 0.3 is 5.97 Å². The number of nitrogens with zero attached hydrogens (tertiary/aromatic N) is 2. The highest BCUT2D eigenvalue weighted by Crippen LogP contribution is 2.25. The van der Waals surface area contributed by atoms with Gasteiger partial charge in [0.05, 0.1) is 29.8 Å². The summed E-state index contributed by atoms with van der Waals surface area (Å²) >= 11 is 0. The Morgan fingerprint density at radius 1 is 1.19 bits per heavy atom. The van der Waals surface area contributed by atoms with E-state index in [0.717, 1.165) is 17.9 Å². The number of aromatic nitrogens is 2. The molecule has 31 heavy (non-hydrogen) atoms. The molecule has 162 valence electrons. The number of rotatable bonds is 6. The monoisotopic (exact) mass is 445 g/mol. The van der Waals surface area contributed by atoms with Gasteiger partial charge in [-0.25, -0.2) is 17.6 Å². The Morgan fingerprint density at radius 3 is 2.58 bits per heavy atom. The van der Waals surface area contributed by atoms with Crippen molar-refractivity contribution >= 4 is 21.7 Å². The molecule has 3 aromatic rings. The largest absolute Gasteiger partial charge is 0.465 e. The molecule has 2 aromatic carbocycles. The highest BCUT2D eigenvalue weighted by molar-refractivity contribution is 7.92. The summed E-state index contributed by atoms with van der Waals surface area (Å²) in [5.74, 6) is -1.73. The van der Waals surface area contributed by atoms with Gasteiger partial charge in [-0.15, -0.1) is 0 Å². The van der Waals surface area contributed by atoms with Crippen LogP contribution in [0.4, 0.5) is 10.1 Å². The van der Waals surface area contributed by atoms with Gasteiger partial charge in [0.25, 0.3) is 5.56 Å². The van der Waals surface area contributed by atoms with E-state index in [-0.39, 0.29) is 17.0 Å². The first-order valence-corrected chi connectivity index (χ1v) is 10.9. The van der Waals surface area contributed by atoms with Crippen LogP contribution in [0.3, 0.4) is 0 Å². The summed E-state index contributed by atoms with van der Waals surface area (Å²) in [7, 11) is -2.30. The van der Waals surface area contributed by atoms with Crippen molar-refractivity contribution in [3.05, 3.63) is 76.0 Å². The average Bonchev–Trinajstić information content (AvgIpc) is 2.74. The first kappa shape index (κ1) is 22.2. The molecule has 0 saturated carbocycles. The van der Waals surface area contributed by atoms with Crippen molar-refractivity contribution in [3.63, 3.8) is 0 Å². The Bertz CT molecular complexity index is 1320. The molecule has 0 atom stereocenters. The molecule has 0 unspecified atom stereocenters. The third-order valence-electron chi connectivity index (χ3n) is 4.55. The maximum absolute atomic E-state index is 14.3. The third kappa shape index (κ3) is 4.80. The number of hydrogen-bond acceptors (Lipinski definition) is 6. The van der Waals surface area contributed by atoms with E-state index in [0.29, 0.717) is 22.5 Å². The molecule has 0 radical (unpaired) electrons. The fraction of sp³-hybridized carbons (Fsp3) is 0.190. The van der Waals surface area contributed by atoms with Crippen molar-refractivity contribution in [2.75, 3.05) is 17.6 Å². The number of nitrogens with one attached hydrogen (secondary N) is 1. The lowest BCUT2D eigenvalue weighted by Crippen LogP contribution is -2.22. The summed E-state index contributed by atoms with van der Waals surface area (Å²) < 4.78 is 45.9. The fourth-order valence-electron chi connectivity index (χ4n) is 2.93. The Balaban J connectivity index is 2.01. The van der Waals surface area contributed by atoms with Crippen LogP contribution in [-0.4, -0.2) is 37.0 Å². The van der Waals surface area contributed by atoms with Crippen molar-refractivity contribution in [1.82, 2.24) is 9.78 Å². The minimum atomic E-state index is -3.45. The predicted molar refractivity (Wildman–Crippen MR) is 114 cm³/mol. The van der Waals surface area contributed by atoms with E-state index in [9.17, 15) is 22.4 Å². The van der Waals surface area contributed by atoms with Crippen LogP contribution in [-0.2, 0) is 14.8 Å². The van der Waals surface area contributed by atoms with Gasteiger partial charge in [-0.1, -0.05) is 12.1 Å². The second kappa shape index (κ2) is 8.68. The van der Waals surface area contributed by atoms with Gasteiger partial charge in [-0.05, 0) is 43.7 Å². The lowest BCUT2D eigenvalue weighted by Gasteiger charge is -2.12. The van der Waals surface area contributed by atoms with Gasteiger partial charge < -0.3 is 4.74 Å². The number of esters is 1.